The van der Waals surface area contributed by atoms with Crippen molar-refractivity contribution in [1.82, 2.24) is 15.3 Å². The molecule has 1 spiro atoms. The van der Waals surface area contributed by atoms with Crippen LogP contribution in [-0.2, 0) is 4.74 Å². The SMILES string of the molecule is C[C@]1(NC(=O)c2ccc(Cl)cc2)CCOC2(CCN(c3cnccn3)CC2)[C@@H]1O. The molecule has 2 aliphatic heterocycles. The Morgan fingerprint density at radius 2 is 1.97 bits per heavy atom. The molecule has 1 aromatic carbocycles. The van der Waals surface area contributed by atoms with Crippen LogP contribution in [0.3, 0.4) is 0 Å². The van der Waals surface area contributed by atoms with E-state index >= 15 is 0 Å². The van der Waals surface area contributed by atoms with Crippen molar-refractivity contribution in [2.45, 2.75) is 43.4 Å². The highest BCUT2D eigenvalue weighted by Crippen LogP contribution is 2.40. The van der Waals surface area contributed by atoms with Crippen LogP contribution in [0.4, 0.5) is 5.82 Å². The van der Waals surface area contributed by atoms with Gasteiger partial charge >= 0.3 is 0 Å². The van der Waals surface area contributed by atoms with Gasteiger partial charge in [0, 0.05) is 42.7 Å². The maximum Gasteiger partial charge on any atom is 0.251 e. The Morgan fingerprint density at radius 3 is 2.62 bits per heavy atom. The van der Waals surface area contributed by atoms with Crippen molar-refractivity contribution in [3.8, 4) is 0 Å². The van der Waals surface area contributed by atoms with Crippen molar-refractivity contribution in [2.75, 3.05) is 24.6 Å². The lowest BCUT2D eigenvalue weighted by Crippen LogP contribution is -2.69. The molecule has 2 N–H and O–H groups in total. The molecule has 8 heteroatoms. The number of hydrogen-bond acceptors (Lipinski definition) is 6. The zero-order valence-corrected chi connectivity index (χ0v) is 17.1. The van der Waals surface area contributed by atoms with Gasteiger partial charge < -0.3 is 20.1 Å². The Labute approximate surface area is 175 Å². The minimum absolute atomic E-state index is 0.225. The molecule has 7 nitrogen and oxygen atoms in total. The van der Waals surface area contributed by atoms with Crippen LogP contribution >= 0.6 is 11.6 Å². The highest BCUT2D eigenvalue weighted by atomic mass is 35.5. The number of nitrogens with one attached hydrogen (secondary N) is 1. The third kappa shape index (κ3) is 3.95. The Bertz CT molecular complexity index is 856. The second kappa shape index (κ2) is 7.89. The molecule has 0 unspecified atom stereocenters. The second-order valence-corrected chi connectivity index (χ2v) is 8.43. The number of nitrogens with zero attached hydrogens (tertiary/aromatic N) is 3. The van der Waals surface area contributed by atoms with E-state index in [-0.39, 0.29) is 5.91 Å². The fraction of sp³-hybridized carbons (Fsp3) is 0.476. The molecule has 1 aromatic heterocycles. The highest BCUT2D eigenvalue weighted by molar-refractivity contribution is 6.30. The third-order valence-electron chi connectivity index (χ3n) is 6.10. The summed E-state index contributed by atoms with van der Waals surface area (Å²) in [6.45, 7) is 3.79. The number of anilines is 1. The summed E-state index contributed by atoms with van der Waals surface area (Å²) < 4.78 is 6.12. The highest BCUT2D eigenvalue weighted by Gasteiger charge is 2.54. The molecule has 0 radical (unpaired) electrons. The molecule has 0 saturated carbocycles. The first-order valence-corrected chi connectivity index (χ1v) is 10.2. The molecule has 29 heavy (non-hydrogen) atoms. The number of carbonyl (C=O) groups excluding carboxylic acids is 1. The van der Waals surface area contributed by atoms with Crippen LogP contribution in [0, 0.1) is 0 Å². The van der Waals surface area contributed by atoms with Crippen LogP contribution in [-0.4, -0.2) is 57.9 Å². The molecule has 4 rings (SSSR count). The minimum Gasteiger partial charge on any atom is -0.388 e. The summed E-state index contributed by atoms with van der Waals surface area (Å²) in [4.78, 5) is 23.4. The number of amides is 1. The summed E-state index contributed by atoms with van der Waals surface area (Å²) >= 11 is 5.91. The van der Waals surface area contributed by atoms with Gasteiger partial charge in [0.2, 0.25) is 0 Å². The van der Waals surface area contributed by atoms with Gasteiger partial charge in [0.1, 0.15) is 11.9 Å². The summed E-state index contributed by atoms with van der Waals surface area (Å²) in [5, 5.41) is 14.9. The minimum atomic E-state index is -0.816. The van der Waals surface area contributed by atoms with Gasteiger partial charge in [-0.05, 0) is 50.5 Å². The first-order chi connectivity index (χ1) is 13.9. The van der Waals surface area contributed by atoms with Crippen molar-refractivity contribution in [3.63, 3.8) is 0 Å². The van der Waals surface area contributed by atoms with Crippen molar-refractivity contribution in [2.24, 2.45) is 0 Å². The quantitative estimate of drug-likeness (QED) is 0.799. The standard InChI is InChI=1S/C21H25ClN4O3/c1-20(25-18(27)15-2-4-16(22)5-3-15)8-13-29-21(19(20)28)6-11-26(12-7-21)17-14-23-9-10-24-17/h2-5,9-10,14,19,28H,6-8,11-13H2,1H3,(H,25,27)/t19-,20+/m1/s1. The van der Waals surface area contributed by atoms with Crippen LogP contribution in [0.15, 0.2) is 42.9 Å². The first kappa shape index (κ1) is 20.1. The predicted molar refractivity (Wildman–Crippen MR) is 110 cm³/mol. The number of benzene rings is 1. The van der Waals surface area contributed by atoms with Crippen molar-refractivity contribution in [1.29, 1.82) is 0 Å². The van der Waals surface area contributed by atoms with Gasteiger partial charge in [-0.3, -0.25) is 9.78 Å². The Balaban J connectivity index is 1.46. The van der Waals surface area contributed by atoms with Gasteiger partial charge in [0.15, 0.2) is 0 Å². The summed E-state index contributed by atoms with van der Waals surface area (Å²) in [7, 11) is 0. The molecule has 2 aromatic rings. The molecule has 2 fully saturated rings. The maximum absolute atomic E-state index is 12.8. The van der Waals surface area contributed by atoms with E-state index < -0.39 is 17.2 Å². The lowest BCUT2D eigenvalue weighted by molar-refractivity contribution is -0.195. The van der Waals surface area contributed by atoms with Gasteiger partial charge in [-0.2, -0.15) is 0 Å². The van der Waals surface area contributed by atoms with Crippen LogP contribution in [0.1, 0.15) is 36.5 Å². The Kier molecular flexibility index (Phi) is 5.46. The van der Waals surface area contributed by atoms with E-state index in [0.29, 0.717) is 49.5 Å². The maximum atomic E-state index is 12.8. The predicted octanol–water partition coefficient (Wildman–Crippen LogP) is 2.44. The Hall–Kier alpha value is -2.22. The average molecular weight is 417 g/mol. The Morgan fingerprint density at radius 1 is 1.24 bits per heavy atom. The fourth-order valence-corrected chi connectivity index (χ4v) is 4.44. The molecule has 2 aliphatic rings. The van der Waals surface area contributed by atoms with Gasteiger partial charge in [-0.1, -0.05) is 11.6 Å². The summed E-state index contributed by atoms with van der Waals surface area (Å²) in [6.07, 6.45) is 6.10. The molecule has 0 bridgehead atoms. The average Bonchev–Trinajstić information content (AvgIpc) is 2.74. The number of piperidine rings is 1. The monoisotopic (exact) mass is 416 g/mol. The molecular formula is C21H25ClN4O3. The van der Waals surface area contributed by atoms with E-state index in [2.05, 4.69) is 20.2 Å². The third-order valence-corrected chi connectivity index (χ3v) is 6.35. The van der Waals surface area contributed by atoms with E-state index in [1.807, 2.05) is 6.92 Å². The van der Waals surface area contributed by atoms with Crippen LogP contribution in [0.2, 0.25) is 5.02 Å². The summed E-state index contributed by atoms with van der Waals surface area (Å²) in [5.41, 5.74) is -0.941. The van der Waals surface area contributed by atoms with Crippen molar-refractivity contribution < 1.29 is 14.6 Å². The first-order valence-electron chi connectivity index (χ1n) is 9.83. The van der Waals surface area contributed by atoms with Crippen LogP contribution in [0.5, 0.6) is 0 Å². The zero-order chi connectivity index (χ0) is 20.5. The number of aromatic nitrogens is 2. The normalized spacial score (nSPS) is 26.3. The van der Waals surface area contributed by atoms with E-state index in [9.17, 15) is 9.90 Å². The van der Waals surface area contributed by atoms with Gasteiger partial charge in [0.05, 0.1) is 17.3 Å². The number of aliphatic hydroxyl groups excluding tert-OH is 1. The number of ether oxygens (including phenoxy) is 1. The van der Waals surface area contributed by atoms with E-state index in [4.69, 9.17) is 16.3 Å². The molecule has 154 valence electrons. The lowest BCUT2D eigenvalue weighted by Gasteiger charge is -2.53. The topological polar surface area (TPSA) is 87.6 Å². The lowest BCUT2D eigenvalue weighted by atomic mass is 9.73. The van der Waals surface area contributed by atoms with E-state index in [1.54, 1.807) is 42.9 Å². The number of hydrogen-bond donors (Lipinski definition) is 2. The summed E-state index contributed by atoms with van der Waals surface area (Å²) in [5.74, 6) is 0.601. The molecular weight excluding hydrogens is 392 g/mol. The molecule has 3 heterocycles. The van der Waals surface area contributed by atoms with E-state index in [0.717, 1.165) is 5.82 Å². The van der Waals surface area contributed by atoms with E-state index in [1.165, 1.54) is 0 Å². The zero-order valence-electron chi connectivity index (χ0n) is 16.3. The van der Waals surface area contributed by atoms with Crippen LogP contribution in [0.25, 0.3) is 0 Å². The smallest absolute Gasteiger partial charge is 0.251 e. The van der Waals surface area contributed by atoms with Gasteiger partial charge in [-0.15, -0.1) is 0 Å². The second-order valence-electron chi connectivity index (χ2n) is 7.99. The van der Waals surface area contributed by atoms with Gasteiger partial charge in [0.25, 0.3) is 5.91 Å². The van der Waals surface area contributed by atoms with Crippen molar-refractivity contribution in [3.05, 3.63) is 53.4 Å². The number of rotatable bonds is 3. The number of aliphatic hydroxyl groups is 1. The fourth-order valence-electron chi connectivity index (χ4n) is 4.31. The molecule has 0 aliphatic carbocycles. The number of halogens is 1. The number of carbonyl (C=O) groups is 1. The van der Waals surface area contributed by atoms with Crippen LogP contribution < -0.4 is 10.2 Å². The summed E-state index contributed by atoms with van der Waals surface area (Å²) in [6, 6.07) is 6.73. The van der Waals surface area contributed by atoms with Crippen molar-refractivity contribution >= 4 is 23.3 Å². The molecule has 2 atom stereocenters. The molecule has 2 saturated heterocycles. The molecule has 1 amide bonds. The van der Waals surface area contributed by atoms with Gasteiger partial charge in [-0.25, -0.2) is 4.98 Å². The largest absolute Gasteiger partial charge is 0.388 e.